The van der Waals surface area contributed by atoms with E-state index in [1.807, 2.05) is 19.9 Å². The highest BCUT2D eigenvalue weighted by atomic mass is 16.6. The average Bonchev–Trinajstić information content (AvgIpc) is 2.91. The summed E-state index contributed by atoms with van der Waals surface area (Å²) in [6.45, 7) is 8.54. The van der Waals surface area contributed by atoms with E-state index in [-0.39, 0.29) is 17.3 Å². The molecule has 0 radical (unpaired) electrons. The highest BCUT2D eigenvalue weighted by molar-refractivity contribution is 6.26. The molecule has 152 valence electrons. The zero-order chi connectivity index (χ0) is 20.8. The molecule has 3 atom stereocenters. The van der Waals surface area contributed by atoms with Gasteiger partial charge in [0, 0.05) is 6.42 Å². The van der Waals surface area contributed by atoms with E-state index in [2.05, 4.69) is 44.2 Å². The van der Waals surface area contributed by atoms with Crippen molar-refractivity contribution in [2.45, 2.75) is 52.6 Å². The summed E-state index contributed by atoms with van der Waals surface area (Å²) < 4.78 is 11.8. The Morgan fingerprint density at radius 1 is 1.07 bits per heavy atom. The molecule has 5 aliphatic rings. The van der Waals surface area contributed by atoms with Crippen molar-refractivity contribution < 1.29 is 19.1 Å². The fourth-order valence-corrected chi connectivity index (χ4v) is 4.83. The van der Waals surface area contributed by atoms with E-state index < -0.39 is 17.0 Å². The minimum atomic E-state index is -1.24. The van der Waals surface area contributed by atoms with E-state index in [9.17, 15) is 9.59 Å². The maximum absolute atomic E-state index is 13.8. The second-order valence-corrected chi connectivity index (χ2v) is 8.83. The van der Waals surface area contributed by atoms with Gasteiger partial charge in [-0.1, -0.05) is 54.5 Å². The molecule has 0 N–H and O–H groups in total. The fourth-order valence-electron chi connectivity index (χ4n) is 4.83. The third-order valence-electron chi connectivity index (χ3n) is 6.57. The number of fused-ring (bicyclic) bond motifs is 5. The van der Waals surface area contributed by atoms with Crippen molar-refractivity contribution in [1.82, 2.24) is 0 Å². The molecule has 2 aliphatic carbocycles. The molecule has 3 aliphatic heterocycles. The molecule has 4 heteroatoms. The number of carbonyl (C=O) groups is 2. The lowest BCUT2D eigenvalue weighted by molar-refractivity contribution is -0.162. The number of carbonyl (C=O) groups excluding carboxylic acids is 2. The van der Waals surface area contributed by atoms with Crippen LogP contribution in [0.5, 0.6) is 0 Å². The molecule has 1 spiro atoms. The normalized spacial score (nSPS) is 34.5. The monoisotopic (exact) mass is 392 g/mol. The summed E-state index contributed by atoms with van der Waals surface area (Å²) in [6, 6.07) is 0. The summed E-state index contributed by atoms with van der Waals surface area (Å²) in [5.74, 6) is -0.380. The second kappa shape index (κ2) is 7.01. The van der Waals surface area contributed by atoms with E-state index in [0.29, 0.717) is 18.8 Å². The Morgan fingerprint density at radius 2 is 1.86 bits per heavy atom. The summed E-state index contributed by atoms with van der Waals surface area (Å²) >= 11 is 0. The van der Waals surface area contributed by atoms with E-state index in [1.54, 1.807) is 6.08 Å². The SMILES string of the molecule is CC1=C[C@@]2(C)C=C(C)[C@@H](C)C[C@]23OC(=O)C(=C2C=CC(=CCCC=C1)CO2)C3=O. The van der Waals surface area contributed by atoms with Crippen LogP contribution < -0.4 is 0 Å². The Bertz CT molecular complexity index is 955. The minimum absolute atomic E-state index is 0.0446. The van der Waals surface area contributed by atoms with Crippen molar-refractivity contribution in [2.24, 2.45) is 11.3 Å². The Hall–Kier alpha value is -2.62. The van der Waals surface area contributed by atoms with Gasteiger partial charge in [-0.15, -0.1) is 0 Å². The van der Waals surface area contributed by atoms with Crippen molar-refractivity contribution >= 4 is 11.8 Å². The largest absolute Gasteiger partial charge is 0.488 e. The molecule has 0 aromatic carbocycles. The quantitative estimate of drug-likeness (QED) is 0.334. The predicted molar refractivity (Wildman–Crippen MR) is 112 cm³/mol. The van der Waals surface area contributed by atoms with Crippen LogP contribution in [0.15, 0.2) is 70.6 Å². The third kappa shape index (κ3) is 3.15. The Labute approximate surface area is 172 Å². The van der Waals surface area contributed by atoms with Crippen LogP contribution in [-0.2, 0) is 19.1 Å². The molecule has 0 saturated carbocycles. The van der Waals surface area contributed by atoms with Crippen LogP contribution in [0.25, 0.3) is 0 Å². The molecule has 0 aromatic heterocycles. The highest BCUT2D eigenvalue weighted by Gasteiger charge is 2.63. The van der Waals surface area contributed by atoms with Gasteiger partial charge < -0.3 is 9.47 Å². The molecular formula is C25H28O4. The van der Waals surface area contributed by atoms with Crippen molar-refractivity contribution in [3.63, 3.8) is 0 Å². The first kappa shape index (κ1) is 19.7. The first-order valence-electron chi connectivity index (χ1n) is 10.3. The van der Waals surface area contributed by atoms with Gasteiger partial charge in [0.25, 0.3) is 0 Å². The van der Waals surface area contributed by atoms with Crippen LogP contribution >= 0.6 is 0 Å². The molecule has 0 aromatic rings. The van der Waals surface area contributed by atoms with Crippen LogP contribution in [0.2, 0.25) is 0 Å². The Balaban J connectivity index is 1.95. The van der Waals surface area contributed by atoms with Crippen molar-refractivity contribution in [2.75, 3.05) is 6.61 Å². The van der Waals surface area contributed by atoms with Gasteiger partial charge in [0.05, 0.1) is 5.41 Å². The lowest BCUT2D eigenvalue weighted by atomic mass is 9.61. The number of hydrogen-bond donors (Lipinski definition) is 0. The van der Waals surface area contributed by atoms with Gasteiger partial charge in [-0.25, -0.2) is 4.79 Å². The number of Topliss-reactive ketones (excluding diaryl/α,β-unsaturated/α-hetero) is 1. The van der Waals surface area contributed by atoms with Crippen molar-refractivity contribution in [1.29, 1.82) is 0 Å². The third-order valence-corrected chi connectivity index (χ3v) is 6.57. The highest BCUT2D eigenvalue weighted by Crippen LogP contribution is 2.53. The number of rotatable bonds is 0. The average molecular weight is 392 g/mol. The van der Waals surface area contributed by atoms with Gasteiger partial charge in [0.15, 0.2) is 5.60 Å². The van der Waals surface area contributed by atoms with Gasteiger partial charge >= 0.3 is 5.97 Å². The Morgan fingerprint density at radius 3 is 2.59 bits per heavy atom. The molecule has 1 saturated heterocycles. The number of esters is 1. The van der Waals surface area contributed by atoms with Crippen LogP contribution in [0.3, 0.4) is 0 Å². The number of ketones is 1. The van der Waals surface area contributed by atoms with Crippen LogP contribution in [0, 0.1) is 11.3 Å². The fraction of sp³-hybridized carbons (Fsp3) is 0.440. The van der Waals surface area contributed by atoms with Crippen LogP contribution in [-0.4, -0.2) is 24.0 Å². The maximum atomic E-state index is 13.8. The van der Waals surface area contributed by atoms with E-state index >= 15 is 0 Å². The smallest absolute Gasteiger partial charge is 0.346 e. The summed E-state index contributed by atoms with van der Waals surface area (Å²) in [5.41, 5.74) is 1.38. The summed E-state index contributed by atoms with van der Waals surface area (Å²) in [7, 11) is 0. The standard InChI is InChI=1S/C25H28O4/c1-16-8-6-5-7-9-19-10-11-20(28-15-19)21-22(26)25(29-23(21)27)14-18(3)17(2)13-24(25,4)12-16/h6,8-13,18H,5,7,14-15H2,1-4H3/t18-,24-,25+/m0/s1. The molecule has 1 fully saturated rings. The van der Waals surface area contributed by atoms with E-state index in [0.717, 1.165) is 24.0 Å². The number of hydrogen-bond acceptors (Lipinski definition) is 4. The molecule has 5 rings (SSSR count). The molecule has 4 bridgehead atoms. The molecule has 0 amide bonds. The van der Waals surface area contributed by atoms with Gasteiger partial charge in [-0.05, 0) is 51.2 Å². The predicted octanol–water partition coefficient (Wildman–Crippen LogP) is 4.91. The summed E-state index contributed by atoms with van der Waals surface area (Å²) in [4.78, 5) is 26.7. The van der Waals surface area contributed by atoms with E-state index in [4.69, 9.17) is 9.47 Å². The van der Waals surface area contributed by atoms with Crippen molar-refractivity contribution in [3.05, 3.63) is 70.6 Å². The number of ether oxygens (including phenoxy) is 2. The van der Waals surface area contributed by atoms with Crippen LogP contribution in [0.4, 0.5) is 0 Å². The van der Waals surface area contributed by atoms with Gasteiger partial charge in [-0.2, -0.15) is 0 Å². The lowest BCUT2D eigenvalue weighted by Gasteiger charge is -2.45. The zero-order valence-electron chi connectivity index (χ0n) is 17.6. The zero-order valence-corrected chi connectivity index (χ0v) is 17.6. The molecule has 29 heavy (non-hydrogen) atoms. The van der Waals surface area contributed by atoms with Gasteiger partial charge in [0.1, 0.15) is 17.9 Å². The second-order valence-electron chi connectivity index (χ2n) is 8.83. The summed E-state index contributed by atoms with van der Waals surface area (Å²) in [6.07, 6.45) is 16.5. The van der Waals surface area contributed by atoms with Crippen LogP contribution in [0.1, 0.15) is 47.0 Å². The molecule has 3 heterocycles. The Kier molecular flexibility index (Phi) is 4.76. The van der Waals surface area contributed by atoms with Crippen molar-refractivity contribution in [3.8, 4) is 0 Å². The van der Waals surface area contributed by atoms with Gasteiger partial charge in [0.2, 0.25) is 5.78 Å². The lowest BCUT2D eigenvalue weighted by Crippen LogP contribution is -2.53. The first-order valence-corrected chi connectivity index (χ1v) is 10.3. The molecule has 4 nitrogen and oxygen atoms in total. The number of allylic oxidation sites excluding steroid dienone is 6. The van der Waals surface area contributed by atoms with Gasteiger partial charge in [-0.3, -0.25) is 4.79 Å². The summed E-state index contributed by atoms with van der Waals surface area (Å²) in [5, 5.41) is 0. The molecular weight excluding hydrogens is 364 g/mol. The molecule has 0 unspecified atom stereocenters. The maximum Gasteiger partial charge on any atom is 0.346 e. The van der Waals surface area contributed by atoms with E-state index in [1.165, 1.54) is 5.57 Å². The first-order chi connectivity index (χ1) is 13.8. The minimum Gasteiger partial charge on any atom is -0.488 e. The topological polar surface area (TPSA) is 52.6 Å².